The van der Waals surface area contributed by atoms with Crippen molar-refractivity contribution in [2.75, 3.05) is 47.5 Å². The van der Waals surface area contributed by atoms with Gasteiger partial charge >= 0.3 is 11.9 Å². The minimum atomic E-state index is -4.66. The molecule has 0 aromatic rings. The third-order valence-electron chi connectivity index (χ3n) is 9.03. The Bertz CT molecular complexity index is 1070. The summed E-state index contributed by atoms with van der Waals surface area (Å²) in [5.74, 6) is -1.31. The highest BCUT2D eigenvalue weighted by atomic mass is 31.2. The number of phosphoric ester groups is 1. The fraction of sp³-hybridized carbons (Fsp3) is 0.773. The van der Waals surface area contributed by atoms with Crippen molar-refractivity contribution in [1.82, 2.24) is 0 Å². The molecule has 0 radical (unpaired) electrons. The molecule has 0 aromatic heterocycles. The summed E-state index contributed by atoms with van der Waals surface area (Å²) in [5.41, 5.74) is 0. The fourth-order valence-corrected chi connectivity index (χ4v) is 6.38. The summed E-state index contributed by atoms with van der Waals surface area (Å²) in [7, 11) is 1.08. The largest absolute Gasteiger partial charge is 0.756 e. The molecule has 0 aliphatic rings. The number of phosphoric acid groups is 1. The number of unbranched alkanes of at least 4 members (excludes halogenated alkanes) is 22. The first kappa shape index (κ1) is 52.0. The first-order valence-electron chi connectivity index (χ1n) is 21.4. The van der Waals surface area contributed by atoms with E-state index in [2.05, 4.69) is 19.9 Å². The molecule has 0 fully saturated rings. The van der Waals surface area contributed by atoms with Gasteiger partial charge in [0.25, 0.3) is 7.82 Å². The second-order valence-corrected chi connectivity index (χ2v) is 16.9. The number of rotatable bonds is 38. The minimum Gasteiger partial charge on any atom is -0.756 e. The van der Waals surface area contributed by atoms with Crippen molar-refractivity contribution >= 4 is 19.8 Å². The number of likely N-dealkylation sites (N-methyl/N-ethyl adjacent to an activating group) is 1. The molecule has 314 valence electrons. The Morgan fingerprint density at radius 1 is 0.574 bits per heavy atom. The molecule has 2 atom stereocenters. The van der Waals surface area contributed by atoms with Crippen LogP contribution in [-0.4, -0.2) is 70.0 Å². The summed E-state index contributed by atoms with van der Waals surface area (Å²) in [6.45, 7) is 3.98. The highest BCUT2D eigenvalue weighted by Crippen LogP contribution is 2.38. The standard InChI is InChI=1S/C44H80NO8P/c1-6-8-10-12-14-16-18-20-22-24-26-28-30-32-34-36-43(46)50-40-42(41-52-54(48,49)51-39-38-45(3,4)5)53-44(47)37-35-33-31-29-27-25-23-21-19-17-15-13-11-9-7-2/h26,28,30,32,34-37,42H,6-25,27,29,31,33,38-41H2,1-5H3/t42-/m1/s1. The Morgan fingerprint density at radius 2 is 1.04 bits per heavy atom. The van der Waals surface area contributed by atoms with Crippen LogP contribution in [0.4, 0.5) is 0 Å². The zero-order chi connectivity index (χ0) is 40.0. The maximum Gasteiger partial charge on any atom is 0.330 e. The van der Waals surface area contributed by atoms with E-state index in [-0.39, 0.29) is 13.2 Å². The van der Waals surface area contributed by atoms with Gasteiger partial charge in [-0.2, -0.15) is 0 Å². The molecule has 0 N–H and O–H groups in total. The van der Waals surface area contributed by atoms with Crippen molar-refractivity contribution in [1.29, 1.82) is 0 Å². The smallest absolute Gasteiger partial charge is 0.330 e. The molecule has 0 spiro atoms. The molecular formula is C44H80NO8P. The number of hydrogen-bond acceptors (Lipinski definition) is 8. The van der Waals surface area contributed by atoms with Crippen molar-refractivity contribution in [3.05, 3.63) is 48.6 Å². The molecule has 0 aliphatic carbocycles. The molecule has 9 nitrogen and oxygen atoms in total. The highest BCUT2D eigenvalue weighted by molar-refractivity contribution is 7.45. The quantitative estimate of drug-likeness (QED) is 0.0152. The van der Waals surface area contributed by atoms with Gasteiger partial charge in [0.15, 0.2) is 6.10 Å². The van der Waals surface area contributed by atoms with Crippen LogP contribution in [-0.2, 0) is 32.7 Å². The second-order valence-electron chi connectivity index (χ2n) is 15.5. The number of esters is 2. The van der Waals surface area contributed by atoms with Crippen molar-refractivity contribution in [3.8, 4) is 0 Å². The van der Waals surface area contributed by atoms with Gasteiger partial charge in [0.2, 0.25) is 0 Å². The van der Waals surface area contributed by atoms with Crippen LogP contribution in [0.1, 0.15) is 168 Å². The van der Waals surface area contributed by atoms with E-state index in [1.165, 1.54) is 141 Å². The SMILES string of the molecule is CCCCCCCCCCCC=CC=CC=CC(=O)OC[C@H](COP(=O)([O-])OCC[N+](C)(C)C)OC(=O)C=CCCCCCCCCCCCCCCC. The lowest BCUT2D eigenvalue weighted by Gasteiger charge is -2.28. The number of allylic oxidation sites excluding steroid dienone is 6. The lowest BCUT2D eigenvalue weighted by atomic mass is 10.0. The predicted octanol–water partition coefficient (Wildman–Crippen LogP) is 11.3. The van der Waals surface area contributed by atoms with Crippen LogP contribution in [0.25, 0.3) is 0 Å². The van der Waals surface area contributed by atoms with E-state index < -0.39 is 32.5 Å². The number of hydrogen-bond donors (Lipinski definition) is 0. The fourth-order valence-electron chi connectivity index (χ4n) is 5.65. The van der Waals surface area contributed by atoms with Crippen LogP contribution in [0.15, 0.2) is 48.6 Å². The van der Waals surface area contributed by atoms with Crippen molar-refractivity contribution < 1.29 is 42.1 Å². The van der Waals surface area contributed by atoms with Crippen LogP contribution < -0.4 is 4.89 Å². The van der Waals surface area contributed by atoms with Crippen LogP contribution >= 0.6 is 7.82 Å². The van der Waals surface area contributed by atoms with Crippen LogP contribution in [0, 0.1) is 0 Å². The summed E-state index contributed by atoms with van der Waals surface area (Å²) < 4.78 is 33.5. The zero-order valence-corrected chi connectivity index (χ0v) is 36.0. The third kappa shape index (κ3) is 39.7. The Morgan fingerprint density at radius 3 is 1.54 bits per heavy atom. The monoisotopic (exact) mass is 782 g/mol. The van der Waals surface area contributed by atoms with Crippen LogP contribution in [0.3, 0.4) is 0 Å². The van der Waals surface area contributed by atoms with Gasteiger partial charge in [-0.3, -0.25) is 4.57 Å². The Kier molecular flexibility index (Phi) is 35.2. The van der Waals surface area contributed by atoms with Crippen molar-refractivity contribution in [2.45, 2.75) is 174 Å². The molecular weight excluding hydrogens is 701 g/mol. The molecule has 54 heavy (non-hydrogen) atoms. The van der Waals surface area contributed by atoms with Gasteiger partial charge in [0.05, 0.1) is 27.7 Å². The predicted molar refractivity (Wildman–Crippen MR) is 222 cm³/mol. The first-order chi connectivity index (χ1) is 26.0. The lowest BCUT2D eigenvalue weighted by Crippen LogP contribution is -2.37. The van der Waals surface area contributed by atoms with E-state index >= 15 is 0 Å². The van der Waals surface area contributed by atoms with E-state index in [0.717, 1.165) is 25.7 Å². The highest BCUT2D eigenvalue weighted by Gasteiger charge is 2.20. The molecule has 0 bridgehead atoms. The lowest BCUT2D eigenvalue weighted by molar-refractivity contribution is -0.870. The third-order valence-corrected chi connectivity index (χ3v) is 9.99. The summed E-state index contributed by atoms with van der Waals surface area (Å²) in [5, 5.41) is 0. The molecule has 0 amide bonds. The number of carbonyl (C=O) groups is 2. The van der Waals surface area contributed by atoms with E-state index in [1.807, 2.05) is 33.3 Å². The van der Waals surface area contributed by atoms with E-state index in [1.54, 1.807) is 18.2 Å². The van der Waals surface area contributed by atoms with Crippen LogP contribution in [0.2, 0.25) is 0 Å². The number of nitrogens with zero attached hydrogens (tertiary/aromatic N) is 1. The summed E-state index contributed by atoms with van der Waals surface area (Å²) >= 11 is 0. The molecule has 0 saturated heterocycles. The maximum absolute atomic E-state index is 12.6. The van der Waals surface area contributed by atoms with Gasteiger partial charge in [0.1, 0.15) is 19.8 Å². The molecule has 1 unspecified atom stereocenters. The summed E-state index contributed by atoms with van der Waals surface area (Å²) in [6, 6.07) is 0. The van der Waals surface area contributed by atoms with E-state index in [4.69, 9.17) is 18.5 Å². The Hall–Kier alpha value is -2.03. The molecule has 0 saturated carbocycles. The average molecular weight is 782 g/mol. The molecule has 0 heterocycles. The van der Waals surface area contributed by atoms with Gasteiger partial charge in [0, 0.05) is 12.2 Å². The topological polar surface area (TPSA) is 111 Å². The normalized spacial score (nSPS) is 14.1. The van der Waals surface area contributed by atoms with Gasteiger partial charge in [-0.1, -0.05) is 179 Å². The van der Waals surface area contributed by atoms with E-state index in [9.17, 15) is 19.0 Å². The minimum absolute atomic E-state index is 0.0571. The molecule has 0 aliphatic heterocycles. The zero-order valence-electron chi connectivity index (χ0n) is 35.2. The number of carbonyl (C=O) groups excluding carboxylic acids is 2. The molecule has 0 aromatic carbocycles. The van der Waals surface area contributed by atoms with Crippen LogP contribution in [0.5, 0.6) is 0 Å². The molecule has 10 heteroatoms. The van der Waals surface area contributed by atoms with Gasteiger partial charge < -0.3 is 27.9 Å². The van der Waals surface area contributed by atoms with Crippen molar-refractivity contribution in [3.63, 3.8) is 0 Å². The van der Waals surface area contributed by atoms with Crippen molar-refractivity contribution in [2.24, 2.45) is 0 Å². The first-order valence-corrected chi connectivity index (χ1v) is 22.9. The van der Waals surface area contributed by atoms with Gasteiger partial charge in [-0.05, 0) is 25.7 Å². The van der Waals surface area contributed by atoms with Gasteiger partial charge in [-0.15, -0.1) is 0 Å². The maximum atomic E-state index is 12.6. The number of quaternary nitrogens is 1. The molecule has 0 rings (SSSR count). The summed E-state index contributed by atoms with van der Waals surface area (Å²) in [4.78, 5) is 37.2. The summed E-state index contributed by atoms with van der Waals surface area (Å²) in [6.07, 6.45) is 42.5. The number of ether oxygens (including phenoxy) is 2. The average Bonchev–Trinajstić information content (AvgIpc) is 3.12. The second kappa shape index (κ2) is 36.6. The Labute approximate surface area is 331 Å². The Balaban J connectivity index is 4.58. The van der Waals surface area contributed by atoms with E-state index in [0.29, 0.717) is 11.0 Å². The van der Waals surface area contributed by atoms with Gasteiger partial charge in [-0.25, -0.2) is 9.59 Å².